The van der Waals surface area contributed by atoms with Crippen molar-refractivity contribution < 1.29 is 0 Å². The standard InChI is InChI=1S/C27H27N7S/c1-32(2)27-28-23-21-20(18-10-6-4-7-11-18)22(19-12-8-5-9-13-19)30-31-26(21)35-24(23)25(29-27)34-16-14-33(3)15-17-34/h4-13H,14-17H2,1-3H3. The highest BCUT2D eigenvalue weighted by Gasteiger charge is 2.26. The second kappa shape index (κ2) is 8.87. The predicted molar refractivity (Wildman–Crippen MR) is 145 cm³/mol. The molecule has 0 N–H and O–H groups in total. The van der Waals surface area contributed by atoms with Gasteiger partial charge < -0.3 is 14.7 Å². The van der Waals surface area contributed by atoms with E-state index in [0.717, 1.165) is 74.8 Å². The van der Waals surface area contributed by atoms with Crippen LogP contribution in [-0.2, 0) is 0 Å². The molecule has 0 aliphatic carbocycles. The number of thiophene rings is 1. The number of fused-ring (bicyclic) bond motifs is 3. The summed E-state index contributed by atoms with van der Waals surface area (Å²) in [4.78, 5) is 17.7. The lowest BCUT2D eigenvalue weighted by Gasteiger charge is -2.33. The molecule has 0 spiro atoms. The summed E-state index contributed by atoms with van der Waals surface area (Å²) in [5.41, 5.74) is 5.04. The Morgan fingerprint density at radius 2 is 1.46 bits per heavy atom. The van der Waals surface area contributed by atoms with Crippen LogP contribution in [0.4, 0.5) is 11.8 Å². The number of aromatic nitrogens is 4. The van der Waals surface area contributed by atoms with Gasteiger partial charge in [0.15, 0.2) is 5.82 Å². The van der Waals surface area contributed by atoms with Gasteiger partial charge in [-0.3, -0.25) is 0 Å². The second-order valence-electron chi connectivity index (χ2n) is 9.15. The normalized spacial score (nSPS) is 14.7. The van der Waals surface area contributed by atoms with Gasteiger partial charge in [0.2, 0.25) is 5.95 Å². The third-order valence-electron chi connectivity index (χ3n) is 6.53. The van der Waals surface area contributed by atoms with E-state index in [0.29, 0.717) is 5.95 Å². The van der Waals surface area contributed by atoms with Crippen molar-refractivity contribution in [3.63, 3.8) is 0 Å². The first kappa shape index (κ1) is 21.9. The van der Waals surface area contributed by atoms with Gasteiger partial charge in [0, 0.05) is 56.8 Å². The molecule has 6 rings (SSSR count). The van der Waals surface area contributed by atoms with Gasteiger partial charge in [0.1, 0.15) is 10.5 Å². The molecule has 0 amide bonds. The zero-order chi connectivity index (χ0) is 23.9. The Balaban J connectivity index is 1.69. The Bertz CT molecular complexity index is 1490. The minimum atomic E-state index is 0.711. The quantitative estimate of drug-likeness (QED) is 0.366. The highest BCUT2D eigenvalue weighted by molar-refractivity contribution is 7.26. The summed E-state index contributed by atoms with van der Waals surface area (Å²) in [6.07, 6.45) is 0. The molecular formula is C27H27N7S. The highest BCUT2D eigenvalue weighted by Crippen LogP contribution is 2.44. The van der Waals surface area contributed by atoms with E-state index >= 15 is 0 Å². The van der Waals surface area contributed by atoms with Crippen molar-refractivity contribution in [1.82, 2.24) is 25.1 Å². The Hall–Kier alpha value is -3.62. The van der Waals surface area contributed by atoms with Crippen LogP contribution in [0.2, 0.25) is 0 Å². The Morgan fingerprint density at radius 1 is 0.800 bits per heavy atom. The van der Waals surface area contributed by atoms with Gasteiger partial charge in [-0.05, 0) is 12.6 Å². The molecule has 0 saturated carbocycles. The fourth-order valence-electron chi connectivity index (χ4n) is 4.62. The lowest BCUT2D eigenvalue weighted by molar-refractivity contribution is 0.312. The zero-order valence-corrected chi connectivity index (χ0v) is 21.0. The third kappa shape index (κ3) is 3.88. The summed E-state index contributed by atoms with van der Waals surface area (Å²) < 4.78 is 1.08. The maximum absolute atomic E-state index is 5.07. The Labute approximate surface area is 208 Å². The fraction of sp³-hybridized carbons (Fsp3) is 0.259. The van der Waals surface area contributed by atoms with E-state index in [1.165, 1.54) is 0 Å². The summed E-state index contributed by atoms with van der Waals surface area (Å²) in [5.74, 6) is 1.71. The molecule has 0 radical (unpaired) electrons. The minimum Gasteiger partial charge on any atom is -0.353 e. The molecule has 8 heteroatoms. The van der Waals surface area contributed by atoms with Gasteiger partial charge in [-0.1, -0.05) is 60.7 Å². The number of hydrogen-bond donors (Lipinski definition) is 0. The molecule has 1 aliphatic heterocycles. The number of nitrogens with zero attached hydrogens (tertiary/aromatic N) is 7. The van der Waals surface area contributed by atoms with Crippen LogP contribution in [-0.4, -0.2) is 72.4 Å². The molecule has 2 aromatic carbocycles. The van der Waals surface area contributed by atoms with Crippen LogP contribution in [0.3, 0.4) is 0 Å². The molecule has 0 atom stereocenters. The van der Waals surface area contributed by atoms with Crippen LogP contribution in [0, 0.1) is 0 Å². The van der Waals surface area contributed by atoms with E-state index in [4.69, 9.17) is 20.2 Å². The second-order valence-corrected chi connectivity index (χ2v) is 10.1. The Morgan fingerprint density at radius 3 is 2.11 bits per heavy atom. The van der Waals surface area contributed by atoms with Gasteiger partial charge in [0.25, 0.3) is 0 Å². The first-order valence-corrected chi connectivity index (χ1v) is 12.6. The number of likely N-dealkylation sites (N-methyl/N-ethyl adjacent to an activating group) is 1. The van der Waals surface area contributed by atoms with Crippen molar-refractivity contribution in [3.8, 4) is 22.4 Å². The van der Waals surface area contributed by atoms with Crippen LogP contribution < -0.4 is 9.80 Å². The molecule has 1 fully saturated rings. The molecule has 0 bridgehead atoms. The molecule has 176 valence electrons. The van der Waals surface area contributed by atoms with Gasteiger partial charge >= 0.3 is 0 Å². The topological polar surface area (TPSA) is 61.3 Å². The van der Waals surface area contributed by atoms with E-state index in [1.807, 2.05) is 43.3 Å². The summed E-state index contributed by atoms with van der Waals surface area (Å²) in [6, 6.07) is 20.8. The maximum Gasteiger partial charge on any atom is 0.227 e. The van der Waals surface area contributed by atoms with Crippen molar-refractivity contribution in [1.29, 1.82) is 0 Å². The first-order chi connectivity index (χ1) is 17.1. The van der Waals surface area contributed by atoms with Gasteiger partial charge in [-0.15, -0.1) is 21.5 Å². The smallest absolute Gasteiger partial charge is 0.227 e. The average molecular weight is 482 g/mol. The van der Waals surface area contributed by atoms with E-state index in [-0.39, 0.29) is 0 Å². The average Bonchev–Trinajstić information content (AvgIpc) is 3.28. The molecule has 1 aliphatic rings. The Kier molecular flexibility index (Phi) is 5.54. The number of piperazine rings is 1. The number of anilines is 2. The molecule has 4 heterocycles. The van der Waals surface area contributed by atoms with E-state index in [1.54, 1.807) is 11.3 Å². The first-order valence-electron chi connectivity index (χ1n) is 11.8. The van der Waals surface area contributed by atoms with Crippen molar-refractivity contribution in [2.45, 2.75) is 0 Å². The predicted octanol–water partition coefficient (Wildman–Crippen LogP) is 4.79. The molecule has 5 aromatic rings. The molecular weight excluding hydrogens is 454 g/mol. The van der Waals surface area contributed by atoms with Crippen LogP contribution in [0.15, 0.2) is 60.7 Å². The third-order valence-corrected chi connectivity index (χ3v) is 7.58. The SMILES string of the molecule is CN1CCN(c2nc(N(C)C)nc3c2sc2nnc(-c4ccccc4)c(-c4ccccc4)c23)CC1. The summed E-state index contributed by atoms with van der Waals surface area (Å²) in [5, 5.41) is 10.5. The van der Waals surface area contributed by atoms with Gasteiger partial charge in [-0.2, -0.15) is 4.98 Å². The van der Waals surface area contributed by atoms with Crippen LogP contribution >= 0.6 is 11.3 Å². The lowest BCUT2D eigenvalue weighted by Crippen LogP contribution is -2.45. The highest BCUT2D eigenvalue weighted by atomic mass is 32.1. The van der Waals surface area contributed by atoms with E-state index in [2.05, 4.69) is 53.2 Å². The summed E-state index contributed by atoms with van der Waals surface area (Å²) in [7, 11) is 6.16. The molecule has 3 aromatic heterocycles. The van der Waals surface area contributed by atoms with Crippen molar-refractivity contribution in [2.75, 3.05) is 57.1 Å². The van der Waals surface area contributed by atoms with Gasteiger partial charge in [-0.25, -0.2) is 4.98 Å². The van der Waals surface area contributed by atoms with Crippen LogP contribution in [0.25, 0.3) is 42.8 Å². The largest absolute Gasteiger partial charge is 0.353 e. The number of rotatable bonds is 4. The molecule has 35 heavy (non-hydrogen) atoms. The van der Waals surface area contributed by atoms with Crippen molar-refractivity contribution >= 4 is 43.5 Å². The van der Waals surface area contributed by atoms with Crippen molar-refractivity contribution in [2.24, 2.45) is 0 Å². The molecule has 0 unspecified atom stereocenters. The summed E-state index contributed by atoms with van der Waals surface area (Å²) in [6.45, 7) is 3.91. The van der Waals surface area contributed by atoms with Gasteiger partial charge in [0.05, 0.1) is 10.2 Å². The van der Waals surface area contributed by atoms with Crippen LogP contribution in [0.1, 0.15) is 0 Å². The number of benzene rings is 2. The number of hydrogen-bond acceptors (Lipinski definition) is 8. The summed E-state index contributed by atoms with van der Waals surface area (Å²) >= 11 is 1.64. The minimum absolute atomic E-state index is 0.711. The van der Waals surface area contributed by atoms with Crippen LogP contribution in [0.5, 0.6) is 0 Å². The fourth-order valence-corrected chi connectivity index (χ4v) is 5.70. The zero-order valence-electron chi connectivity index (χ0n) is 20.1. The van der Waals surface area contributed by atoms with E-state index in [9.17, 15) is 0 Å². The maximum atomic E-state index is 5.07. The van der Waals surface area contributed by atoms with Crippen molar-refractivity contribution in [3.05, 3.63) is 60.7 Å². The monoisotopic (exact) mass is 481 g/mol. The van der Waals surface area contributed by atoms with E-state index < -0.39 is 0 Å². The lowest BCUT2D eigenvalue weighted by atomic mass is 9.97. The molecule has 7 nitrogen and oxygen atoms in total. The molecule has 1 saturated heterocycles.